The Hall–Kier alpha value is -0.850. The van der Waals surface area contributed by atoms with Gasteiger partial charge in [-0.25, -0.2) is 0 Å². The van der Waals surface area contributed by atoms with Gasteiger partial charge in [0.15, 0.2) is 5.96 Å². The molecule has 2 N–H and O–H groups in total. The Bertz CT molecular complexity index is 333. The van der Waals surface area contributed by atoms with Gasteiger partial charge in [0.25, 0.3) is 0 Å². The molecule has 0 aromatic heterocycles. The zero-order valence-corrected chi connectivity index (χ0v) is 13.8. The van der Waals surface area contributed by atoms with E-state index in [4.69, 9.17) is 9.47 Å². The van der Waals surface area contributed by atoms with E-state index in [9.17, 15) is 5.11 Å². The van der Waals surface area contributed by atoms with Crippen molar-refractivity contribution in [2.75, 3.05) is 52.6 Å². The molecule has 0 aliphatic carbocycles. The van der Waals surface area contributed by atoms with Crippen molar-refractivity contribution >= 4 is 5.96 Å². The lowest BCUT2D eigenvalue weighted by atomic mass is 10.0. The van der Waals surface area contributed by atoms with E-state index in [1.807, 2.05) is 0 Å². The van der Waals surface area contributed by atoms with Gasteiger partial charge in [-0.2, -0.15) is 0 Å². The number of hydrogen-bond acceptors (Lipinski definition) is 4. The molecule has 2 saturated heterocycles. The third kappa shape index (κ3) is 6.10. The lowest BCUT2D eigenvalue weighted by Crippen LogP contribution is -2.40. The average Bonchev–Trinajstić information content (AvgIpc) is 2.97. The molecule has 0 aromatic carbocycles. The maximum Gasteiger partial charge on any atom is 0.194 e. The van der Waals surface area contributed by atoms with Crippen LogP contribution in [0.1, 0.15) is 32.6 Å². The molecule has 0 amide bonds. The van der Waals surface area contributed by atoms with Gasteiger partial charge >= 0.3 is 0 Å². The minimum Gasteiger partial charge on any atom is -0.391 e. The predicted octanol–water partition coefficient (Wildman–Crippen LogP) is 0.852. The summed E-state index contributed by atoms with van der Waals surface area (Å²) in [5.41, 5.74) is 0. The topological polar surface area (TPSA) is 66.3 Å². The molecule has 6 heteroatoms. The van der Waals surface area contributed by atoms with Gasteiger partial charge in [-0.3, -0.25) is 4.99 Å². The SMILES string of the molecule is CCNC(=NCCCOCC1CCOCC1)N1CC[C@@H](O)C1. The number of nitrogens with zero attached hydrogens (tertiary/aromatic N) is 2. The maximum atomic E-state index is 9.63. The van der Waals surface area contributed by atoms with Crippen molar-refractivity contribution in [3.63, 3.8) is 0 Å². The molecule has 2 aliphatic heterocycles. The zero-order chi connectivity index (χ0) is 15.6. The third-order valence-corrected chi connectivity index (χ3v) is 4.20. The number of hydrogen-bond donors (Lipinski definition) is 2. The molecule has 22 heavy (non-hydrogen) atoms. The molecule has 1 atom stereocenters. The molecular formula is C16H31N3O3. The molecule has 2 fully saturated rings. The van der Waals surface area contributed by atoms with Gasteiger partial charge in [0.1, 0.15) is 0 Å². The first-order valence-electron chi connectivity index (χ1n) is 8.66. The van der Waals surface area contributed by atoms with Crippen molar-refractivity contribution in [2.45, 2.75) is 38.7 Å². The summed E-state index contributed by atoms with van der Waals surface area (Å²) in [5.74, 6) is 1.59. The summed E-state index contributed by atoms with van der Waals surface area (Å²) < 4.78 is 11.1. The average molecular weight is 313 g/mol. The van der Waals surface area contributed by atoms with Crippen LogP contribution in [0.25, 0.3) is 0 Å². The fourth-order valence-corrected chi connectivity index (χ4v) is 2.87. The summed E-state index contributed by atoms with van der Waals surface area (Å²) in [6, 6.07) is 0. The van der Waals surface area contributed by atoms with Crippen LogP contribution in [-0.2, 0) is 9.47 Å². The van der Waals surface area contributed by atoms with Crippen molar-refractivity contribution in [1.82, 2.24) is 10.2 Å². The fourth-order valence-electron chi connectivity index (χ4n) is 2.87. The number of aliphatic hydroxyl groups is 1. The first kappa shape index (κ1) is 17.5. The Balaban J connectivity index is 1.59. The van der Waals surface area contributed by atoms with Crippen LogP contribution < -0.4 is 5.32 Å². The summed E-state index contributed by atoms with van der Waals surface area (Å²) in [4.78, 5) is 6.77. The first-order valence-corrected chi connectivity index (χ1v) is 8.66. The van der Waals surface area contributed by atoms with E-state index in [1.54, 1.807) is 0 Å². The van der Waals surface area contributed by atoms with Crippen molar-refractivity contribution < 1.29 is 14.6 Å². The van der Waals surface area contributed by atoms with Crippen molar-refractivity contribution in [3.8, 4) is 0 Å². The molecule has 2 aliphatic rings. The fraction of sp³-hybridized carbons (Fsp3) is 0.938. The number of β-amino-alcohol motifs (C(OH)–C–C–N with tert-alkyl or cyclic N) is 1. The van der Waals surface area contributed by atoms with E-state index in [2.05, 4.69) is 22.1 Å². The largest absolute Gasteiger partial charge is 0.391 e. The summed E-state index contributed by atoms with van der Waals surface area (Å²) in [6.45, 7) is 8.64. The Morgan fingerprint density at radius 1 is 1.36 bits per heavy atom. The van der Waals surface area contributed by atoms with Crippen molar-refractivity contribution in [2.24, 2.45) is 10.9 Å². The number of nitrogens with one attached hydrogen (secondary N) is 1. The van der Waals surface area contributed by atoms with Crippen LogP contribution in [0.5, 0.6) is 0 Å². The van der Waals surface area contributed by atoms with Crippen LogP contribution >= 0.6 is 0 Å². The zero-order valence-electron chi connectivity index (χ0n) is 13.8. The number of rotatable bonds is 7. The highest BCUT2D eigenvalue weighted by Crippen LogP contribution is 2.14. The van der Waals surface area contributed by atoms with Crippen LogP contribution in [0.4, 0.5) is 0 Å². The van der Waals surface area contributed by atoms with Crippen LogP contribution in [0, 0.1) is 5.92 Å². The molecule has 0 bridgehead atoms. The molecule has 128 valence electrons. The van der Waals surface area contributed by atoms with Gasteiger partial charge in [-0.15, -0.1) is 0 Å². The van der Waals surface area contributed by atoms with Crippen LogP contribution in [-0.4, -0.2) is 74.7 Å². The van der Waals surface area contributed by atoms with Crippen LogP contribution in [0.15, 0.2) is 4.99 Å². The molecule has 0 unspecified atom stereocenters. The maximum absolute atomic E-state index is 9.63. The second-order valence-corrected chi connectivity index (χ2v) is 6.11. The van der Waals surface area contributed by atoms with E-state index >= 15 is 0 Å². The summed E-state index contributed by atoms with van der Waals surface area (Å²) >= 11 is 0. The molecule has 0 aromatic rings. The highest BCUT2D eigenvalue weighted by molar-refractivity contribution is 5.80. The van der Waals surface area contributed by atoms with Crippen molar-refractivity contribution in [1.29, 1.82) is 0 Å². The monoisotopic (exact) mass is 313 g/mol. The number of likely N-dealkylation sites (tertiary alicyclic amines) is 1. The second-order valence-electron chi connectivity index (χ2n) is 6.11. The van der Waals surface area contributed by atoms with Crippen molar-refractivity contribution in [3.05, 3.63) is 0 Å². The van der Waals surface area contributed by atoms with E-state index in [0.717, 1.165) is 77.7 Å². The first-order chi connectivity index (χ1) is 10.8. The van der Waals surface area contributed by atoms with Gasteiger partial charge in [0, 0.05) is 52.6 Å². The van der Waals surface area contributed by atoms with E-state index in [1.165, 1.54) is 0 Å². The van der Waals surface area contributed by atoms with Crippen LogP contribution in [0.2, 0.25) is 0 Å². The third-order valence-electron chi connectivity index (χ3n) is 4.20. The quantitative estimate of drug-likeness (QED) is 0.414. The van der Waals surface area contributed by atoms with Gasteiger partial charge in [0.2, 0.25) is 0 Å². The highest BCUT2D eigenvalue weighted by atomic mass is 16.5. The van der Waals surface area contributed by atoms with Gasteiger partial charge in [0.05, 0.1) is 6.10 Å². The number of guanidine groups is 1. The Labute approximate surface area is 133 Å². The van der Waals surface area contributed by atoms with Gasteiger partial charge < -0.3 is 24.8 Å². The highest BCUT2D eigenvalue weighted by Gasteiger charge is 2.22. The second kappa shape index (κ2) is 10.0. The molecular weight excluding hydrogens is 282 g/mol. The van der Waals surface area contributed by atoms with Gasteiger partial charge in [-0.1, -0.05) is 0 Å². The minimum absolute atomic E-state index is 0.216. The predicted molar refractivity (Wildman–Crippen MR) is 87.2 cm³/mol. The number of ether oxygens (including phenoxy) is 2. The smallest absolute Gasteiger partial charge is 0.194 e. The minimum atomic E-state index is -0.216. The summed E-state index contributed by atoms with van der Waals surface area (Å²) in [6.07, 6.45) is 3.80. The van der Waals surface area contributed by atoms with E-state index in [-0.39, 0.29) is 6.10 Å². The number of aliphatic hydroxyl groups excluding tert-OH is 1. The standard InChI is InChI=1S/C16H31N3O3/c1-2-17-16(19-8-4-15(20)12-19)18-7-3-9-22-13-14-5-10-21-11-6-14/h14-15,20H,2-13H2,1H3,(H,17,18)/t15-/m1/s1. The molecule has 0 radical (unpaired) electrons. The Morgan fingerprint density at radius 3 is 2.86 bits per heavy atom. The number of aliphatic imine (C=N–C) groups is 1. The molecule has 2 heterocycles. The van der Waals surface area contributed by atoms with Gasteiger partial charge in [-0.05, 0) is 38.5 Å². The molecule has 6 nitrogen and oxygen atoms in total. The normalized spacial score (nSPS) is 24.0. The molecule has 0 saturated carbocycles. The van der Waals surface area contributed by atoms with E-state index < -0.39 is 0 Å². The lowest BCUT2D eigenvalue weighted by Gasteiger charge is -2.22. The molecule has 0 spiro atoms. The molecule has 2 rings (SSSR count). The lowest BCUT2D eigenvalue weighted by molar-refractivity contribution is 0.0205. The Morgan fingerprint density at radius 2 is 2.18 bits per heavy atom. The van der Waals surface area contributed by atoms with Crippen LogP contribution in [0.3, 0.4) is 0 Å². The summed E-state index contributed by atoms with van der Waals surface area (Å²) in [5, 5.41) is 12.9. The van der Waals surface area contributed by atoms with E-state index in [0.29, 0.717) is 12.5 Å². The Kier molecular flexibility index (Phi) is 7.98. The summed E-state index contributed by atoms with van der Waals surface area (Å²) in [7, 11) is 0.